The van der Waals surface area contributed by atoms with Gasteiger partial charge in [-0.15, -0.1) is 0 Å². The number of hydrogen-bond acceptors (Lipinski definition) is 4. The van der Waals surface area contributed by atoms with Crippen LogP contribution in [0.1, 0.15) is 0 Å². The van der Waals surface area contributed by atoms with E-state index >= 15 is 0 Å². The van der Waals surface area contributed by atoms with Gasteiger partial charge in [-0.25, -0.2) is 0 Å². The molecule has 0 aliphatic rings. The fraction of sp³-hybridized carbons (Fsp3) is 1.00. The minimum Gasteiger partial charge on any atom is -0.286 e. The van der Waals surface area contributed by atoms with Gasteiger partial charge < -0.3 is 0 Å². The fourth-order valence-corrected chi connectivity index (χ4v) is 1.90. The standard InChI is InChI=1S/C2H6O6S2.Cd/c3-9(4,5)1-2-10(6,7)8;/h1-2H2,(H,3,4,5)(H,6,7,8);. The molecule has 0 aromatic rings. The topological polar surface area (TPSA) is 109 Å². The predicted molar refractivity (Wildman–Crippen MR) is 32.8 cm³/mol. The van der Waals surface area contributed by atoms with Crippen molar-refractivity contribution in [2.45, 2.75) is 0 Å². The average molecular weight is 303 g/mol. The van der Waals surface area contributed by atoms with Crippen molar-refractivity contribution in [3.63, 3.8) is 0 Å². The van der Waals surface area contributed by atoms with E-state index < -0.39 is 31.7 Å². The van der Waals surface area contributed by atoms with Crippen molar-refractivity contribution in [3.8, 4) is 0 Å². The van der Waals surface area contributed by atoms with Gasteiger partial charge in [-0.05, 0) is 0 Å². The quantitative estimate of drug-likeness (QED) is 0.498. The van der Waals surface area contributed by atoms with Gasteiger partial charge in [0.1, 0.15) is 0 Å². The summed E-state index contributed by atoms with van der Waals surface area (Å²) in [5.41, 5.74) is 0. The molecule has 0 aromatic heterocycles. The molecule has 0 saturated heterocycles. The molecule has 0 aliphatic heterocycles. The Labute approximate surface area is 84.6 Å². The van der Waals surface area contributed by atoms with E-state index in [1.54, 1.807) is 0 Å². The van der Waals surface area contributed by atoms with Gasteiger partial charge in [0.05, 0.1) is 11.5 Å². The molecule has 0 atom stereocenters. The fourth-order valence-electron chi connectivity index (χ4n) is 0.211. The van der Waals surface area contributed by atoms with Gasteiger partial charge in [-0.2, -0.15) is 16.8 Å². The Kier molecular flexibility index (Phi) is 6.09. The molecular weight excluding hydrogens is 297 g/mol. The zero-order valence-electron chi connectivity index (χ0n) is 5.47. The Morgan fingerprint density at radius 2 is 1.00 bits per heavy atom. The summed E-state index contributed by atoms with van der Waals surface area (Å²) in [4.78, 5) is 0. The van der Waals surface area contributed by atoms with Crippen LogP contribution in [0.3, 0.4) is 0 Å². The average Bonchev–Trinajstić information content (AvgIpc) is 1.57. The van der Waals surface area contributed by atoms with Crippen molar-refractivity contribution in [3.05, 3.63) is 0 Å². The Morgan fingerprint density at radius 1 is 0.818 bits per heavy atom. The molecule has 9 heteroatoms. The second-order valence-corrected chi connectivity index (χ2v) is 4.72. The molecule has 0 heterocycles. The van der Waals surface area contributed by atoms with Crippen molar-refractivity contribution < 1.29 is 53.2 Å². The van der Waals surface area contributed by atoms with Crippen molar-refractivity contribution >= 4 is 20.2 Å². The Bertz CT molecular complexity index is 255. The van der Waals surface area contributed by atoms with Gasteiger partial charge in [-0.1, -0.05) is 0 Å². The first kappa shape index (κ1) is 14.3. The van der Waals surface area contributed by atoms with Crippen LogP contribution in [0.5, 0.6) is 0 Å². The first-order chi connectivity index (χ1) is 4.21. The van der Waals surface area contributed by atoms with Crippen LogP contribution < -0.4 is 0 Å². The largest absolute Gasteiger partial charge is 0.286 e. The smallest absolute Gasteiger partial charge is 0.265 e. The van der Waals surface area contributed by atoms with E-state index in [2.05, 4.69) is 0 Å². The molecule has 0 aliphatic carbocycles. The van der Waals surface area contributed by atoms with Crippen molar-refractivity contribution in [1.82, 2.24) is 0 Å². The maximum atomic E-state index is 9.86. The van der Waals surface area contributed by atoms with Crippen molar-refractivity contribution in [1.29, 1.82) is 0 Å². The molecule has 0 unspecified atom stereocenters. The number of hydrogen-bond donors (Lipinski definition) is 2. The van der Waals surface area contributed by atoms with Gasteiger partial charge in [-0.3, -0.25) is 9.11 Å². The molecule has 0 spiro atoms. The molecule has 0 aromatic carbocycles. The monoisotopic (exact) mass is 304 g/mol. The Morgan fingerprint density at radius 3 is 1.09 bits per heavy atom. The predicted octanol–water partition coefficient (Wildman–Crippen LogP) is -1.24. The summed E-state index contributed by atoms with van der Waals surface area (Å²) in [7, 11) is -8.59. The third-order valence-corrected chi connectivity index (χ3v) is 2.30. The molecule has 0 bridgehead atoms. The van der Waals surface area contributed by atoms with Crippen LogP contribution in [0, 0.1) is 0 Å². The second kappa shape index (κ2) is 4.69. The van der Waals surface area contributed by atoms with E-state index in [1.165, 1.54) is 0 Å². The summed E-state index contributed by atoms with van der Waals surface area (Å²) in [5, 5.41) is 0. The summed E-state index contributed by atoms with van der Waals surface area (Å²) in [6.45, 7) is 0. The second-order valence-electron chi connectivity index (χ2n) is 1.57. The normalized spacial score (nSPS) is 12.2. The zero-order valence-corrected chi connectivity index (χ0v) is 11.1. The molecule has 0 radical (unpaired) electrons. The van der Waals surface area contributed by atoms with Gasteiger partial charge in [0.2, 0.25) is 0 Å². The Hall–Kier alpha value is 0.742. The minimum atomic E-state index is -4.30. The van der Waals surface area contributed by atoms with Crippen LogP contribution in [0.4, 0.5) is 0 Å². The van der Waals surface area contributed by atoms with Crippen LogP contribution in [-0.4, -0.2) is 37.4 Å². The van der Waals surface area contributed by atoms with Gasteiger partial charge >= 0.3 is 0 Å². The molecule has 0 amide bonds. The molecule has 0 saturated carbocycles. The number of rotatable bonds is 3. The molecule has 6 nitrogen and oxygen atoms in total. The molecule has 2 N–H and O–H groups in total. The molecule has 0 fully saturated rings. The van der Waals surface area contributed by atoms with E-state index in [0.29, 0.717) is 0 Å². The Balaban J connectivity index is 0. The summed E-state index contributed by atoms with van der Waals surface area (Å²) < 4.78 is 55.4. The first-order valence-electron chi connectivity index (χ1n) is 2.11. The van der Waals surface area contributed by atoms with E-state index in [4.69, 9.17) is 9.11 Å². The third-order valence-electron chi connectivity index (χ3n) is 0.599. The molecule has 64 valence electrons. The molecule has 11 heavy (non-hydrogen) atoms. The molecule has 0 rings (SSSR count). The van der Waals surface area contributed by atoms with Gasteiger partial charge in [0.15, 0.2) is 0 Å². The third kappa shape index (κ3) is 13.7. The van der Waals surface area contributed by atoms with E-state index in [0.717, 1.165) is 0 Å². The SMILES string of the molecule is O=S(=O)(O)CCS(=O)(=O)O.[Cd]. The maximum absolute atomic E-state index is 9.86. The van der Waals surface area contributed by atoms with E-state index in [1.807, 2.05) is 0 Å². The summed E-state index contributed by atoms with van der Waals surface area (Å²) in [6.07, 6.45) is 0. The van der Waals surface area contributed by atoms with Crippen LogP contribution >= 0.6 is 0 Å². The van der Waals surface area contributed by atoms with Crippen LogP contribution in [-0.2, 0) is 47.5 Å². The minimum absolute atomic E-state index is 0. The van der Waals surface area contributed by atoms with E-state index in [9.17, 15) is 16.8 Å². The maximum Gasteiger partial charge on any atom is 0.265 e. The summed E-state index contributed by atoms with van der Waals surface area (Å²) >= 11 is 0. The van der Waals surface area contributed by atoms with Crippen molar-refractivity contribution in [2.24, 2.45) is 0 Å². The summed E-state index contributed by atoms with van der Waals surface area (Å²) in [6, 6.07) is 0. The van der Waals surface area contributed by atoms with E-state index in [-0.39, 0.29) is 27.3 Å². The van der Waals surface area contributed by atoms with Crippen molar-refractivity contribution in [2.75, 3.05) is 11.5 Å². The summed E-state index contributed by atoms with van der Waals surface area (Å²) in [5.74, 6) is -1.96. The van der Waals surface area contributed by atoms with Gasteiger partial charge in [0, 0.05) is 27.3 Å². The first-order valence-corrected chi connectivity index (χ1v) is 5.33. The van der Waals surface area contributed by atoms with Crippen LogP contribution in [0.2, 0.25) is 0 Å². The van der Waals surface area contributed by atoms with Gasteiger partial charge in [0.25, 0.3) is 20.2 Å². The van der Waals surface area contributed by atoms with Crippen LogP contribution in [0.15, 0.2) is 0 Å². The van der Waals surface area contributed by atoms with Crippen LogP contribution in [0.25, 0.3) is 0 Å². The zero-order chi connectivity index (χ0) is 8.41. The molecular formula is C2H6CdO6S2.